The average Bonchev–Trinajstić information content (AvgIpc) is 2.57. The molecule has 2 saturated heterocycles. The molecule has 0 amide bonds. The Morgan fingerprint density at radius 2 is 1.90 bits per heavy atom. The predicted octanol–water partition coefficient (Wildman–Crippen LogP) is 2.40. The minimum Gasteiger partial charge on any atom is -0.300 e. The Morgan fingerprint density at radius 3 is 2.62 bits per heavy atom. The molecule has 0 saturated carbocycles. The molecule has 2 fully saturated rings. The van der Waals surface area contributed by atoms with Gasteiger partial charge in [-0.2, -0.15) is 5.26 Å². The van der Waals surface area contributed by atoms with Gasteiger partial charge in [-0.3, -0.25) is 4.90 Å². The second kappa shape index (κ2) is 7.02. The average molecular weight is 284 g/mol. The molecule has 4 heteroatoms. The maximum atomic E-state index is 9.12. The van der Waals surface area contributed by atoms with E-state index in [0.29, 0.717) is 5.69 Å². The number of likely N-dealkylation sites (tertiary alicyclic amines) is 2. The van der Waals surface area contributed by atoms with Crippen LogP contribution in [0.5, 0.6) is 0 Å². The SMILES string of the molecule is N#Cc1ncccc1CN1CCC(N2CCCCC2)CC1. The molecule has 112 valence electrons. The zero-order chi connectivity index (χ0) is 14.5. The molecular weight excluding hydrogens is 260 g/mol. The highest BCUT2D eigenvalue weighted by molar-refractivity contribution is 5.30. The monoisotopic (exact) mass is 284 g/mol. The van der Waals surface area contributed by atoms with Crippen molar-refractivity contribution in [2.24, 2.45) is 0 Å². The lowest BCUT2D eigenvalue weighted by atomic mass is 9.99. The van der Waals surface area contributed by atoms with Crippen LogP contribution in [0.25, 0.3) is 0 Å². The topological polar surface area (TPSA) is 43.2 Å². The first kappa shape index (κ1) is 14.5. The summed E-state index contributed by atoms with van der Waals surface area (Å²) in [6.07, 6.45) is 8.39. The van der Waals surface area contributed by atoms with Crippen LogP contribution < -0.4 is 0 Å². The lowest BCUT2D eigenvalue weighted by molar-refractivity contribution is 0.0896. The third-order valence-electron chi connectivity index (χ3n) is 4.86. The Hall–Kier alpha value is -1.44. The Kier molecular flexibility index (Phi) is 4.84. The van der Waals surface area contributed by atoms with Gasteiger partial charge >= 0.3 is 0 Å². The Labute approximate surface area is 127 Å². The summed E-state index contributed by atoms with van der Waals surface area (Å²) in [5, 5.41) is 9.12. The van der Waals surface area contributed by atoms with Gasteiger partial charge in [-0.15, -0.1) is 0 Å². The van der Waals surface area contributed by atoms with Gasteiger partial charge in [0.1, 0.15) is 11.8 Å². The van der Waals surface area contributed by atoms with Gasteiger partial charge in [0.2, 0.25) is 0 Å². The van der Waals surface area contributed by atoms with Gasteiger partial charge in [0.15, 0.2) is 0 Å². The number of piperidine rings is 2. The molecule has 1 aromatic heterocycles. The Morgan fingerprint density at radius 1 is 1.14 bits per heavy atom. The van der Waals surface area contributed by atoms with Gasteiger partial charge in [0, 0.05) is 24.3 Å². The molecule has 1 aromatic rings. The summed E-state index contributed by atoms with van der Waals surface area (Å²) in [6.45, 7) is 5.74. The molecular formula is C17H24N4. The quantitative estimate of drug-likeness (QED) is 0.855. The fourth-order valence-electron chi connectivity index (χ4n) is 3.63. The van der Waals surface area contributed by atoms with Crippen LogP contribution in [0.3, 0.4) is 0 Å². The molecule has 0 radical (unpaired) electrons. The maximum Gasteiger partial charge on any atom is 0.144 e. The van der Waals surface area contributed by atoms with Crippen LogP contribution in [0, 0.1) is 11.3 Å². The molecule has 0 aliphatic carbocycles. The third kappa shape index (κ3) is 3.61. The Bertz CT molecular complexity index is 494. The molecule has 21 heavy (non-hydrogen) atoms. The molecule has 3 heterocycles. The highest BCUT2D eigenvalue weighted by atomic mass is 15.2. The first-order chi connectivity index (χ1) is 10.4. The summed E-state index contributed by atoms with van der Waals surface area (Å²) in [5.74, 6) is 0. The van der Waals surface area contributed by atoms with Gasteiger partial charge in [-0.05, 0) is 57.9 Å². The summed E-state index contributed by atoms with van der Waals surface area (Å²) >= 11 is 0. The zero-order valence-corrected chi connectivity index (χ0v) is 12.7. The van der Waals surface area contributed by atoms with Crippen molar-refractivity contribution in [1.29, 1.82) is 5.26 Å². The molecule has 0 spiro atoms. The second-order valence-corrected chi connectivity index (χ2v) is 6.23. The van der Waals surface area contributed by atoms with Crippen molar-refractivity contribution < 1.29 is 0 Å². The maximum absolute atomic E-state index is 9.12. The molecule has 0 atom stereocenters. The lowest BCUT2D eigenvalue weighted by Crippen LogP contribution is -2.46. The summed E-state index contributed by atoms with van der Waals surface area (Å²) in [6, 6.07) is 6.94. The molecule has 2 aliphatic heterocycles. The van der Waals surface area contributed by atoms with E-state index in [4.69, 9.17) is 5.26 Å². The lowest BCUT2D eigenvalue weighted by Gasteiger charge is -2.40. The van der Waals surface area contributed by atoms with E-state index < -0.39 is 0 Å². The minimum atomic E-state index is 0.579. The van der Waals surface area contributed by atoms with Crippen LogP contribution in [0.1, 0.15) is 43.4 Å². The Balaban J connectivity index is 1.53. The van der Waals surface area contributed by atoms with Crippen LogP contribution >= 0.6 is 0 Å². The van der Waals surface area contributed by atoms with Gasteiger partial charge in [-0.1, -0.05) is 12.5 Å². The van der Waals surface area contributed by atoms with Crippen LogP contribution in [-0.4, -0.2) is 47.0 Å². The van der Waals surface area contributed by atoms with Crippen molar-refractivity contribution in [1.82, 2.24) is 14.8 Å². The minimum absolute atomic E-state index is 0.579. The van der Waals surface area contributed by atoms with Crippen molar-refractivity contribution in [3.63, 3.8) is 0 Å². The molecule has 0 bridgehead atoms. The van der Waals surface area contributed by atoms with Gasteiger partial charge in [0.05, 0.1) is 0 Å². The van der Waals surface area contributed by atoms with E-state index in [1.54, 1.807) is 6.20 Å². The van der Waals surface area contributed by atoms with E-state index in [1.165, 1.54) is 45.2 Å². The van der Waals surface area contributed by atoms with E-state index in [-0.39, 0.29) is 0 Å². The number of nitriles is 1. The molecule has 0 N–H and O–H groups in total. The normalized spacial score (nSPS) is 22.0. The fraction of sp³-hybridized carbons (Fsp3) is 0.647. The summed E-state index contributed by atoms with van der Waals surface area (Å²) in [4.78, 5) is 9.33. The third-order valence-corrected chi connectivity index (χ3v) is 4.86. The fourth-order valence-corrected chi connectivity index (χ4v) is 3.63. The number of nitrogens with zero attached hydrogens (tertiary/aromatic N) is 4. The predicted molar refractivity (Wildman–Crippen MR) is 82.7 cm³/mol. The summed E-state index contributed by atoms with van der Waals surface area (Å²) in [5.41, 5.74) is 1.65. The van der Waals surface area contributed by atoms with Crippen molar-refractivity contribution in [3.05, 3.63) is 29.6 Å². The standard InChI is InChI=1S/C17H24N4/c18-13-17-15(5-4-8-19-17)14-20-11-6-16(7-12-20)21-9-2-1-3-10-21/h4-5,8,16H,1-3,6-7,9-12,14H2. The molecule has 0 unspecified atom stereocenters. The molecule has 0 aromatic carbocycles. The van der Waals surface area contributed by atoms with E-state index in [9.17, 15) is 0 Å². The van der Waals surface area contributed by atoms with E-state index in [2.05, 4.69) is 20.9 Å². The summed E-state index contributed by atoms with van der Waals surface area (Å²) < 4.78 is 0. The van der Waals surface area contributed by atoms with E-state index >= 15 is 0 Å². The van der Waals surface area contributed by atoms with Gasteiger partial charge < -0.3 is 4.90 Å². The van der Waals surface area contributed by atoms with Crippen molar-refractivity contribution in [2.75, 3.05) is 26.2 Å². The highest BCUT2D eigenvalue weighted by Crippen LogP contribution is 2.22. The summed E-state index contributed by atoms with van der Waals surface area (Å²) in [7, 11) is 0. The first-order valence-electron chi connectivity index (χ1n) is 8.17. The van der Waals surface area contributed by atoms with Crippen molar-refractivity contribution in [3.8, 4) is 6.07 Å². The smallest absolute Gasteiger partial charge is 0.144 e. The van der Waals surface area contributed by atoms with Gasteiger partial charge in [-0.25, -0.2) is 4.98 Å². The second-order valence-electron chi connectivity index (χ2n) is 6.23. The molecule has 3 rings (SSSR count). The molecule has 2 aliphatic rings. The van der Waals surface area contributed by atoms with E-state index in [1.807, 2.05) is 12.1 Å². The molecule has 4 nitrogen and oxygen atoms in total. The number of hydrogen-bond acceptors (Lipinski definition) is 4. The number of hydrogen-bond donors (Lipinski definition) is 0. The van der Waals surface area contributed by atoms with E-state index in [0.717, 1.165) is 31.2 Å². The largest absolute Gasteiger partial charge is 0.300 e. The van der Waals surface area contributed by atoms with Crippen molar-refractivity contribution >= 4 is 0 Å². The highest BCUT2D eigenvalue weighted by Gasteiger charge is 2.25. The van der Waals surface area contributed by atoms with Crippen LogP contribution in [0.4, 0.5) is 0 Å². The number of pyridine rings is 1. The van der Waals surface area contributed by atoms with Crippen LogP contribution in [0.15, 0.2) is 18.3 Å². The zero-order valence-electron chi connectivity index (χ0n) is 12.7. The van der Waals surface area contributed by atoms with Crippen molar-refractivity contribution in [2.45, 2.75) is 44.7 Å². The van der Waals surface area contributed by atoms with Crippen LogP contribution in [-0.2, 0) is 6.54 Å². The van der Waals surface area contributed by atoms with Gasteiger partial charge in [0.25, 0.3) is 0 Å². The number of rotatable bonds is 3. The number of aromatic nitrogens is 1. The first-order valence-corrected chi connectivity index (χ1v) is 8.17. The van der Waals surface area contributed by atoms with Crippen LogP contribution in [0.2, 0.25) is 0 Å².